The lowest BCUT2D eigenvalue weighted by Gasteiger charge is -2.23. The second-order valence-electron chi connectivity index (χ2n) is 5.43. The number of carbonyl (C=O) groups is 2. The van der Waals surface area contributed by atoms with E-state index in [0.717, 1.165) is 22.7 Å². The average molecular weight is 337 g/mol. The second-order valence-corrected chi connectivity index (χ2v) is 6.37. The van der Waals surface area contributed by atoms with Crippen molar-refractivity contribution in [2.24, 2.45) is 0 Å². The number of rotatable bonds is 3. The van der Waals surface area contributed by atoms with Crippen LogP contribution in [0.4, 0.5) is 13.6 Å². The molecule has 0 bridgehead atoms. The van der Waals surface area contributed by atoms with Gasteiger partial charge in [0.1, 0.15) is 22.2 Å². The average Bonchev–Trinajstić information content (AvgIpc) is 2.96. The first-order valence-corrected chi connectivity index (χ1v) is 7.70. The molecule has 0 radical (unpaired) electrons. The Morgan fingerprint density at radius 3 is 2.52 bits per heavy atom. The topological polar surface area (TPSA) is 62.3 Å². The minimum atomic E-state index is -1.78. The van der Waals surface area contributed by atoms with E-state index in [9.17, 15) is 18.4 Å². The maximum absolute atomic E-state index is 14.0. The third-order valence-corrected chi connectivity index (χ3v) is 4.65. The minimum absolute atomic E-state index is 0.0329. The number of hydrogen-bond donors (Lipinski definition) is 1. The summed E-state index contributed by atoms with van der Waals surface area (Å²) in [4.78, 5) is 29.9. The molecule has 0 unspecified atom stereocenters. The molecule has 1 aromatic heterocycles. The van der Waals surface area contributed by atoms with Crippen LogP contribution in [0.5, 0.6) is 0 Å². The normalized spacial score (nSPS) is 21.0. The standard InChI is InChI=1S/C15H13F2N3O2S/c1-8-7-23-11(18-8)6-20-13(21)15(2,19-14(20)22)12-9(16)4-3-5-10(12)17/h3-5,7H,6H2,1-2H3,(H,19,22)/t15-/m1/s1. The summed E-state index contributed by atoms with van der Waals surface area (Å²) in [6.07, 6.45) is 0. The summed E-state index contributed by atoms with van der Waals surface area (Å²) in [5.74, 6) is -2.47. The van der Waals surface area contributed by atoms with Gasteiger partial charge in [0.2, 0.25) is 0 Å². The van der Waals surface area contributed by atoms with Crippen LogP contribution in [0.3, 0.4) is 0 Å². The highest BCUT2D eigenvalue weighted by Crippen LogP contribution is 2.33. The first kappa shape index (κ1) is 15.5. The van der Waals surface area contributed by atoms with Gasteiger partial charge in [-0.2, -0.15) is 0 Å². The van der Waals surface area contributed by atoms with E-state index in [1.165, 1.54) is 24.3 Å². The molecular weight excluding hydrogens is 324 g/mol. The van der Waals surface area contributed by atoms with E-state index in [0.29, 0.717) is 5.01 Å². The number of halogens is 2. The second kappa shape index (κ2) is 5.38. The predicted molar refractivity (Wildman–Crippen MR) is 79.6 cm³/mol. The van der Waals surface area contributed by atoms with Gasteiger partial charge >= 0.3 is 6.03 Å². The summed E-state index contributed by atoms with van der Waals surface area (Å²) in [6.45, 7) is 3.06. The van der Waals surface area contributed by atoms with Gasteiger partial charge in [-0.25, -0.2) is 18.6 Å². The number of aryl methyl sites for hydroxylation is 1. The Labute approximate surface area is 134 Å². The molecule has 5 nitrogen and oxygen atoms in total. The number of benzene rings is 1. The van der Waals surface area contributed by atoms with Crippen molar-refractivity contribution >= 4 is 23.3 Å². The number of aromatic nitrogens is 1. The molecule has 0 aliphatic carbocycles. The van der Waals surface area contributed by atoms with E-state index in [2.05, 4.69) is 10.3 Å². The Balaban J connectivity index is 1.97. The Morgan fingerprint density at radius 1 is 1.30 bits per heavy atom. The van der Waals surface area contributed by atoms with Crippen LogP contribution in [0.1, 0.15) is 23.2 Å². The van der Waals surface area contributed by atoms with Gasteiger partial charge in [-0.3, -0.25) is 9.69 Å². The van der Waals surface area contributed by atoms with Crippen molar-refractivity contribution in [3.8, 4) is 0 Å². The molecular formula is C15H13F2N3O2S. The van der Waals surface area contributed by atoms with E-state index in [4.69, 9.17) is 0 Å². The molecule has 8 heteroatoms. The van der Waals surface area contributed by atoms with Crippen molar-refractivity contribution in [1.82, 2.24) is 15.2 Å². The van der Waals surface area contributed by atoms with Crippen LogP contribution in [-0.2, 0) is 16.9 Å². The van der Waals surface area contributed by atoms with Crippen LogP contribution in [0.15, 0.2) is 23.6 Å². The van der Waals surface area contributed by atoms with Crippen LogP contribution < -0.4 is 5.32 Å². The fourth-order valence-electron chi connectivity index (χ4n) is 2.60. The Kier molecular flexibility index (Phi) is 3.63. The third-order valence-electron chi connectivity index (χ3n) is 3.70. The Hall–Kier alpha value is -2.35. The number of carbonyl (C=O) groups excluding carboxylic acids is 2. The first-order valence-electron chi connectivity index (χ1n) is 6.82. The molecule has 2 heterocycles. The van der Waals surface area contributed by atoms with E-state index in [1.807, 2.05) is 0 Å². The van der Waals surface area contributed by atoms with Crippen molar-refractivity contribution in [3.63, 3.8) is 0 Å². The van der Waals surface area contributed by atoms with Crippen LogP contribution in [0.2, 0.25) is 0 Å². The van der Waals surface area contributed by atoms with Gasteiger partial charge in [0.05, 0.1) is 12.1 Å². The Morgan fingerprint density at radius 2 is 1.96 bits per heavy atom. The number of amides is 3. The highest BCUT2D eigenvalue weighted by molar-refractivity contribution is 7.09. The third kappa shape index (κ3) is 2.48. The van der Waals surface area contributed by atoms with Gasteiger partial charge in [-0.05, 0) is 26.0 Å². The lowest BCUT2D eigenvalue weighted by Crippen LogP contribution is -2.42. The molecule has 1 saturated heterocycles. The summed E-state index contributed by atoms with van der Waals surface area (Å²) in [5.41, 5.74) is -1.46. The van der Waals surface area contributed by atoms with E-state index < -0.39 is 34.7 Å². The lowest BCUT2D eigenvalue weighted by molar-refractivity contribution is -0.131. The van der Waals surface area contributed by atoms with Gasteiger partial charge in [0, 0.05) is 11.1 Å². The molecule has 0 spiro atoms. The molecule has 1 aliphatic rings. The number of nitrogens with zero attached hydrogens (tertiary/aromatic N) is 2. The highest BCUT2D eigenvalue weighted by atomic mass is 32.1. The van der Waals surface area contributed by atoms with Crippen molar-refractivity contribution < 1.29 is 18.4 Å². The van der Waals surface area contributed by atoms with Gasteiger partial charge in [0.25, 0.3) is 5.91 Å². The summed E-state index contributed by atoms with van der Waals surface area (Å²) in [7, 11) is 0. The summed E-state index contributed by atoms with van der Waals surface area (Å²) >= 11 is 1.31. The van der Waals surface area contributed by atoms with Crippen molar-refractivity contribution in [2.45, 2.75) is 25.9 Å². The van der Waals surface area contributed by atoms with Gasteiger partial charge in [-0.1, -0.05) is 6.07 Å². The summed E-state index contributed by atoms with van der Waals surface area (Å²) in [5, 5.41) is 4.76. The lowest BCUT2D eigenvalue weighted by atomic mass is 9.91. The molecule has 1 N–H and O–H groups in total. The van der Waals surface area contributed by atoms with Gasteiger partial charge < -0.3 is 5.32 Å². The highest BCUT2D eigenvalue weighted by Gasteiger charge is 2.51. The molecule has 23 heavy (non-hydrogen) atoms. The number of thiazole rings is 1. The van der Waals surface area contributed by atoms with Gasteiger partial charge in [-0.15, -0.1) is 11.3 Å². The predicted octanol–water partition coefficient (Wildman–Crippen LogP) is 2.70. The molecule has 2 aromatic rings. The molecule has 1 aliphatic heterocycles. The number of nitrogens with one attached hydrogen (secondary N) is 1. The molecule has 1 atom stereocenters. The summed E-state index contributed by atoms with van der Waals surface area (Å²) in [6, 6.07) is 2.61. The Bertz CT molecular complexity index is 788. The molecule has 1 aromatic carbocycles. The largest absolute Gasteiger partial charge is 0.325 e. The molecule has 0 saturated carbocycles. The van der Waals surface area contributed by atoms with Crippen LogP contribution in [0.25, 0.3) is 0 Å². The van der Waals surface area contributed by atoms with Crippen molar-refractivity contribution in [1.29, 1.82) is 0 Å². The SMILES string of the molecule is Cc1csc(CN2C(=O)N[C@](C)(c3c(F)cccc3F)C2=O)n1. The number of imide groups is 1. The smallest absolute Gasteiger partial charge is 0.319 e. The molecule has 120 valence electrons. The molecule has 1 fully saturated rings. The zero-order chi connectivity index (χ0) is 16.8. The quantitative estimate of drug-likeness (QED) is 0.876. The minimum Gasteiger partial charge on any atom is -0.319 e. The monoisotopic (exact) mass is 337 g/mol. The fraction of sp³-hybridized carbons (Fsp3) is 0.267. The number of urea groups is 1. The fourth-order valence-corrected chi connectivity index (χ4v) is 3.36. The summed E-state index contributed by atoms with van der Waals surface area (Å²) < 4.78 is 28.1. The molecule has 3 amide bonds. The van der Waals surface area contributed by atoms with E-state index in [1.54, 1.807) is 12.3 Å². The first-order chi connectivity index (χ1) is 10.8. The zero-order valence-electron chi connectivity index (χ0n) is 12.4. The zero-order valence-corrected chi connectivity index (χ0v) is 13.2. The van der Waals surface area contributed by atoms with E-state index in [-0.39, 0.29) is 6.54 Å². The van der Waals surface area contributed by atoms with Crippen molar-refractivity contribution in [3.05, 3.63) is 51.5 Å². The number of hydrogen-bond acceptors (Lipinski definition) is 4. The molecule has 3 rings (SSSR count). The van der Waals surface area contributed by atoms with Crippen LogP contribution in [0, 0.1) is 18.6 Å². The van der Waals surface area contributed by atoms with Crippen LogP contribution in [-0.4, -0.2) is 21.8 Å². The maximum Gasteiger partial charge on any atom is 0.325 e. The van der Waals surface area contributed by atoms with E-state index >= 15 is 0 Å². The van der Waals surface area contributed by atoms with Crippen molar-refractivity contribution in [2.75, 3.05) is 0 Å². The van der Waals surface area contributed by atoms with Crippen LogP contribution >= 0.6 is 11.3 Å². The maximum atomic E-state index is 14.0. The van der Waals surface area contributed by atoms with Gasteiger partial charge in [0.15, 0.2) is 0 Å².